The van der Waals surface area contributed by atoms with E-state index in [1.54, 1.807) is 7.11 Å². The first-order chi connectivity index (χ1) is 14.1. The largest absolute Gasteiger partial charge is 0.480 e. The zero-order valence-corrected chi connectivity index (χ0v) is 16.8. The second-order valence-corrected chi connectivity index (χ2v) is 7.37. The van der Waals surface area contributed by atoms with Crippen LogP contribution >= 0.6 is 0 Å². The number of nitrogens with zero attached hydrogens (tertiary/aromatic N) is 7. The Hall–Kier alpha value is -3.42. The van der Waals surface area contributed by atoms with E-state index in [1.807, 2.05) is 30.5 Å². The lowest BCUT2D eigenvalue weighted by molar-refractivity contribution is 0.402. The van der Waals surface area contributed by atoms with Crippen LogP contribution in [0.2, 0.25) is 0 Å². The van der Waals surface area contributed by atoms with E-state index in [0.29, 0.717) is 5.88 Å². The van der Waals surface area contributed by atoms with Crippen molar-refractivity contribution in [3.8, 4) is 5.88 Å². The first-order valence-electron chi connectivity index (χ1n) is 9.75. The monoisotopic (exact) mass is 389 g/mol. The van der Waals surface area contributed by atoms with Crippen molar-refractivity contribution in [1.29, 1.82) is 0 Å². The lowest BCUT2D eigenvalue weighted by Gasteiger charge is -2.37. The normalized spacial score (nSPS) is 14.7. The van der Waals surface area contributed by atoms with Gasteiger partial charge in [0.05, 0.1) is 23.7 Å². The third-order valence-corrected chi connectivity index (χ3v) is 5.40. The highest BCUT2D eigenvalue weighted by atomic mass is 16.5. The Kier molecular flexibility index (Phi) is 4.19. The van der Waals surface area contributed by atoms with Gasteiger partial charge in [-0.15, -0.1) is 0 Å². The van der Waals surface area contributed by atoms with Gasteiger partial charge in [0.25, 0.3) is 0 Å². The van der Waals surface area contributed by atoms with Gasteiger partial charge in [-0.05, 0) is 32.0 Å². The highest BCUT2D eigenvalue weighted by molar-refractivity contribution is 5.86. The average Bonchev–Trinajstić information content (AvgIpc) is 3.12. The molecule has 4 aromatic rings. The summed E-state index contributed by atoms with van der Waals surface area (Å²) in [4.78, 5) is 17.9. The maximum Gasteiger partial charge on any atom is 0.224 e. The van der Waals surface area contributed by atoms with Crippen molar-refractivity contribution in [1.82, 2.24) is 24.6 Å². The number of aryl methyl sites for hydroxylation is 2. The minimum atomic E-state index is 0.610. The minimum Gasteiger partial charge on any atom is -0.480 e. The predicted octanol–water partition coefficient (Wildman–Crippen LogP) is 2.62. The van der Waals surface area contributed by atoms with Crippen molar-refractivity contribution in [2.75, 3.05) is 43.1 Å². The van der Waals surface area contributed by atoms with Crippen molar-refractivity contribution in [2.45, 2.75) is 13.8 Å². The Morgan fingerprint density at radius 2 is 1.69 bits per heavy atom. The zero-order chi connectivity index (χ0) is 20.0. The summed E-state index contributed by atoms with van der Waals surface area (Å²) in [6.07, 6.45) is 1.54. The summed E-state index contributed by atoms with van der Waals surface area (Å²) >= 11 is 0. The van der Waals surface area contributed by atoms with Gasteiger partial charge in [-0.3, -0.25) is 0 Å². The van der Waals surface area contributed by atoms with Crippen molar-refractivity contribution in [2.24, 2.45) is 0 Å². The molecular weight excluding hydrogens is 366 g/mol. The first kappa shape index (κ1) is 17.7. The molecule has 0 bridgehead atoms. The molecule has 0 unspecified atom stereocenters. The van der Waals surface area contributed by atoms with Crippen LogP contribution in [0.15, 0.2) is 36.7 Å². The molecule has 8 heteroatoms. The number of methoxy groups -OCH3 is 1. The van der Waals surface area contributed by atoms with Gasteiger partial charge >= 0.3 is 0 Å². The van der Waals surface area contributed by atoms with E-state index in [2.05, 4.69) is 48.0 Å². The van der Waals surface area contributed by atoms with E-state index in [4.69, 9.17) is 4.74 Å². The SMILES string of the molecule is COc1ncnc2ccc(N3CCN(c4cc(C)nc5cc(C)nn45)CC3)cc12. The summed E-state index contributed by atoms with van der Waals surface area (Å²) in [6.45, 7) is 7.71. The Morgan fingerprint density at radius 3 is 2.48 bits per heavy atom. The van der Waals surface area contributed by atoms with E-state index < -0.39 is 0 Å². The molecule has 1 aliphatic heterocycles. The number of anilines is 2. The van der Waals surface area contributed by atoms with E-state index in [0.717, 1.165) is 65.6 Å². The third kappa shape index (κ3) is 3.10. The number of fused-ring (bicyclic) bond motifs is 2. The lowest BCUT2D eigenvalue weighted by atomic mass is 10.2. The van der Waals surface area contributed by atoms with Gasteiger partial charge < -0.3 is 14.5 Å². The van der Waals surface area contributed by atoms with Gasteiger partial charge in [0, 0.05) is 49.7 Å². The molecule has 0 radical (unpaired) electrons. The number of piperazine rings is 1. The summed E-state index contributed by atoms with van der Waals surface area (Å²) in [5, 5.41) is 5.57. The van der Waals surface area contributed by atoms with Gasteiger partial charge in [0.15, 0.2) is 5.65 Å². The average molecular weight is 389 g/mol. The van der Waals surface area contributed by atoms with Crippen molar-refractivity contribution >= 4 is 28.1 Å². The smallest absolute Gasteiger partial charge is 0.224 e. The maximum absolute atomic E-state index is 5.41. The van der Waals surface area contributed by atoms with E-state index in [-0.39, 0.29) is 0 Å². The fraction of sp³-hybridized carbons (Fsp3) is 0.333. The molecule has 1 fully saturated rings. The number of aromatic nitrogens is 5. The molecule has 5 rings (SSSR count). The fourth-order valence-corrected chi connectivity index (χ4v) is 3.99. The summed E-state index contributed by atoms with van der Waals surface area (Å²) in [5.74, 6) is 1.72. The Labute approximate surface area is 168 Å². The quantitative estimate of drug-likeness (QED) is 0.533. The van der Waals surface area contributed by atoms with Crippen LogP contribution in [0.5, 0.6) is 5.88 Å². The molecule has 0 aliphatic carbocycles. The van der Waals surface area contributed by atoms with Crippen LogP contribution in [0.4, 0.5) is 11.5 Å². The minimum absolute atomic E-state index is 0.610. The van der Waals surface area contributed by atoms with E-state index in [1.165, 1.54) is 6.33 Å². The molecule has 0 saturated carbocycles. The molecule has 1 aliphatic rings. The van der Waals surface area contributed by atoms with Crippen LogP contribution < -0.4 is 14.5 Å². The fourth-order valence-electron chi connectivity index (χ4n) is 3.99. The molecule has 0 spiro atoms. The number of rotatable bonds is 3. The third-order valence-electron chi connectivity index (χ3n) is 5.40. The Bertz CT molecular complexity index is 1190. The second kappa shape index (κ2) is 6.88. The summed E-state index contributed by atoms with van der Waals surface area (Å²) in [7, 11) is 1.64. The van der Waals surface area contributed by atoms with Gasteiger partial charge in [0.1, 0.15) is 12.1 Å². The van der Waals surface area contributed by atoms with Gasteiger partial charge in [-0.1, -0.05) is 0 Å². The van der Waals surface area contributed by atoms with Crippen LogP contribution in [0.25, 0.3) is 16.6 Å². The van der Waals surface area contributed by atoms with Crippen molar-refractivity contribution in [3.63, 3.8) is 0 Å². The second-order valence-electron chi connectivity index (χ2n) is 7.37. The molecule has 4 heterocycles. The Morgan fingerprint density at radius 1 is 0.897 bits per heavy atom. The molecule has 148 valence electrons. The van der Waals surface area contributed by atoms with Gasteiger partial charge in [0.2, 0.25) is 5.88 Å². The number of hydrogen-bond donors (Lipinski definition) is 0. The number of hydrogen-bond acceptors (Lipinski definition) is 7. The zero-order valence-electron chi connectivity index (χ0n) is 16.8. The topological polar surface area (TPSA) is 71.7 Å². The molecule has 8 nitrogen and oxygen atoms in total. The van der Waals surface area contributed by atoms with E-state index in [9.17, 15) is 0 Å². The molecule has 0 atom stereocenters. The molecule has 1 aromatic carbocycles. The first-order valence-corrected chi connectivity index (χ1v) is 9.75. The summed E-state index contributed by atoms with van der Waals surface area (Å²) in [6, 6.07) is 10.4. The van der Waals surface area contributed by atoms with E-state index >= 15 is 0 Å². The summed E-state index contributed by atoms with van der Waals surface area (Å²) in [5.41, 5.74) is 4.95. The summed E-state index contributed by atoms with van der Waals surface area (Å²) < 4.78 is 7.36. The van der Waals surface area contributed by atoms with Crippen molar-refractivity contribution < 1.29 is 4.74 Å². The van der Waals surface area contributed by atoms with Gasteiger partial charge in [-0.2, -0.15) is 9.61 Å². The van der Waals surface area contributed by atoms with Crippen LogP contribution in [0.3, 0.4) is 0 Å². The van der Waals surface area contributed by atoms with Crippen LogP contribution in [-0.2, 0) is 0 Å². The van der Waals surface area contributed by atoms with Gasteiger partial charge in [-0.25, -0.2) is 15.0 Å². The molecule has 0 amide bonds. The Balaban J connectivity index is 1.40. The standard InChI is InChI=1S/C21H23N7O/c1-14-11-20(28-19(24-14)10-15(2)25-28)27-8-6-26(7-9-27)16-4-5-18-17(12-16)21(29-3)23-13-22-18/h4-5,10-13H,6-9H2,1-3H3. The number of ether oxygens (including phenoxy) is 1. The van der Waals surface area contributed by atoms with Crippen molar-refractivity contribution in [3.05, 3.63) is 48.0 Å². The molecule has 1 saturated heterocycles. The lowest BCUT2D eigenvalue weighted by Crippen LogP contribution is -2.47. The molecular formula is C21H23N7O. The molecule has 29 heavy (non-hydrogen) atoms. The van der Waals surface area contributed by atoms with Crippen LogP contribution in [-0.4, -0.2) is 57.9 Å². The molecule has 3 aromatic heterocycles. The highest BCUT2D eigenvalue weighted by Crippen LogP contribution is 2.28. The van der Waals surface area contributed by atoms with Crippen LogP contribution in [0, 0.1) is 13.8 Å². The predicted molar refractivity (Wildman–Crippen MR) is 113 cm³/mol. The molecule has 0 N–H and O–H groups in total. The number of benzene rings is 1. The highest BCUT2D eigenvalue weighted by Gasteiger charge is 2.21. The van der Waals surface area contributed by atoms with Crippen LogP contribution in [0.1, 0.15) is 11.4 Å². The maximum atomic E-state index is 5.41.